The van der Waals surface area contributed by atoms with Crippen LogP contribution in [-0.2, 0) is 0 Å². The van der Waals surface area contributed by atoms with Crippen LogP contribution in [0.3, 0.4) is 0 Å². The van der Waals surface area contributed by atoms with Crippen molar-refractivity contribution in [3.63, 3.8) is 0 Å². The third-order valence-corrected chi connectivity index (χ3v) is 5.18. The lowest BCUT2D eigenvalue weighted by Gasteiger charge is -2.02. The van der Waals surface area contributed by atoms with Gasteiger partial charge < -0.3 is 4.98 Å². The van der Waals surface area contributed by atoms with E-state index in [4.69, 9.17) is 0 Å². The zero-order valence-electron chi connectivity index (χ0n) is 15.7. The van der Waals surface area contributed by atoms with Gasteiger partial charge >= 0.3 is 0 Å². The molecule has 5 aromatic heterocycles. The molecule has 6 aromatic rings. The summed E-state index contributed by atoms with van der Waals surface area (Å²) >= 11 is 0. The van der Waals surface area contributed by atoms with E-state index in [0.717, 1.165) is 55.7 Å². The maximum Gasteiger partial charge on any atom is 0.116 e. The lowest BCUT2D eigenvalue weighted by Crippen LogP contribution is -1.88. The van der Waals surface area contributed by atoms with Crippen LogP contribution in [0.2, 0.25) is 0 Å². The average molecular weight is 389 g/mol. The summed E-state index contributed by atoms with van der Waals surface area (Å²) in [7, 11) is 0. The summed E-state index contributed by atoms with van der Waals surface area (Å²) in [5, 5.41) is 9.75. The zero-order chi connectivity index (χ0) is 19.9. The number of nitrogens with one attached hydrogen (secondary N) is 2. The zero-order valence-corrected chi connectivity index (χ0v) is 15.7. The third-order valence-electron chi connectivity index (χ3n) is 5.18. The van der Waals surface area contributed by atoms with Crippen LogP contribution in [0.15, 0.2) is 79.6 Å². The van der Waals surface area contributed by atoms with Crippen molar-refractivity contribution in [2.45, 2.75) is 0 Å². The van der Waals surface area contributed by atoms with E-state index in [1.165, 1.54) is 0 Å². The molecule has 0 atom stereocenters. The average Bonchev–Trinajstić information content (AvgIpc) is 3.43. The van der Waals surface area contributed by atoms with Crippen LogP contribution in [0.1, 0.15) is 0 Å². The molecule has 6 rings (SSSR count). The summed E-state index contributed by atoms with van der Waals surface area (Å²) < 4.78 is 0. The van der Waals surface area contributed by atoms with E-state index in [1.807, 2.05) is 30.6 Å². The number of H-pyrrole nitrogens is 2. The van der Waals surface area contributed by atoms with Crippen LogP contribution in [0.25, 0.3) is 55.7 Å². The van der Waals surface area contributed by atoms with Crippen molar-refractivity contribution in [3.8, 4) is 33.9 Å². The van der Waals surface area contributed by atoms with Crippen molar-refractivity contribution in [2.24, 2.45) is 0 Å². The van der Waals surface area contributed by atoms with Crippen LogP contribution in [0.4, 0.5) is 0 Å². The highest BCUT2D eigenvalue weighted by molar-refractivity contribution is 6.01. The molecule has 0 aliphatic heterocycles. The summed E-state index contributed by atoms with van der Waals surface area (Å²) in [5.41, 5.74) is 7.46. The molecule has 0 saturated heterocycles. The lowest BCUT2D eigenvalue weighted by atomic mass is 10.0. The van der Waals surface area contributed by atoms with E-state index in [2.05, 4.69) is 59.4 Å². The first-order valence-corrected chi connectivity index (χ1v) is 9.50. The van der Waals surface area contributed by atoms with Gasteiger partial charge in [0, 0.05) is 41.1 Å². The molecule has 0 bridgehead atoms. The normalized spacial score (nSPS) is 11.3. The smallest absolute Gasteiger partial charge is 0.116 e. The van der Waals surface area contributed by atoms with Crippen LogP contribution in [0, 0.1) is 0 Å². The minimum Gasteiger partial charge on any atom is -0.353 e. The first-order chi connectivity index (χ1) is 14.9. The van der Waals surface area contributed by atoms with Gasteiger partial charge in [0.1, 0.15) is 11.4 Å². The molecule has 0 aliphatic rings. The minimum atomic E-state index is 0.725. The summed E-state index contributed by atoms with van der Waals surface area (Å²) in [5.74, 6) is 0. The SMILES string of the molecule is c1cc(-c2ccncc2)c2cc(-c3n[nH]c4cnc(-c5cnccn5)cc34)[nH]c2c1. The van der Waals surface area contributed by atoms with E-state index in [0.29, 0.717) is 0 Å². The van der Waals surface area contributed by atoms with Crippen LogP contribution < -0.4 is 0 Å². The van der Waals surface area contributed by atoms with Gasteiger partial charge in [-0.2, -0.15) is 5.10 Å². The molecular weight excluding hydrogens is 374 g/mol. The van der Waals surface area contributed by atoms with Gasteiger partial charge in [-0.1, -0.05) is 12.1 Å². The van der Waals surface area contributed by atoms with Crippen molar-refractivity contribution < 1.29 is 0 Å². The van der Waals surface area contributed by atoms with Crippen molar-refractivity contribution in [2.75, 3.05) is 0 Å². The highest BCUT2D eigenvalue weighted by Crippen LogP contribution is 2.34. The Bertz CT molecular complexity index is 1480. The van der Waals surface area contributed by atoms with E-state index >= 15 is 0 Å². The van der Waals surface area contributed by atoms with Gasteiger partial charge in [-0.3, -0.25) is 25.0 Å². The molecule has 0 amide bonds. The first kappa shape index (κ1) is 16.6. The van der Waals surface area contributed by atoms with Crippen LogP contribution >= 0.6 is 0 Å². The quantitative estimate of drug-likeness (QED) is 0.460. The molecule has 5 heterocycles. The topological polar surface area (TPSA) is 96.0 Å². The van der Waals surface area contributed by atoms with E-state index in [-0.39, 0.29) is 0 Å². The fourth-order valence-corrected chi connectivity index (χ4v) is 3.76. The second-order valence-corrected chi connectivity index (χ2v) is 6.96. The van der Waals surface area contributed by atoms with Crippen LogP contribution in [0.5, 0.6) is 0 Å². The summed E-state index contributed by atoms with van der Waals surface area (Å²) in [4.78, 5) is 20.6. The van der Waals surface area contributed by atoms with Crippen molar-refractivity contribution >= 4 is 21.8 Å². The van der Waals surface area contributed by atoms with Gasteiger partial charge in [0.2, 0.25) is 0 Å². The number of hydrogen-bond acceptors (Lipinski definition) is 5. The number of fused-ring (bicyclic) bond motifs is 2. The van der Waals surface area contributed by atoms with E-state index in [9.17, 15) is 0 Å². The third kappa shape index (κ3) is 2.64. The highest BCUT2D eigenvalue weighted by Gasteiger charge is 2.15. The lowest BCUT2D eigenvalue weighted by molar-refractivity contribution is 1.11. The maximum absolute atomic E-state index is 4.56. The number of hydrogen-bond donors (Lipinski definition) is 2. The fraction of sp³-hybridized carbons (Fsp3) is 0. The predicted molar refractivity (Wildman–Crippen MR) is 115 cm³/mol. The summed E-state index contributed by atoms with van der Waals surface area (Å²) in [6, 6.07) is 14.4. The van der Waals surface area contributed by atoms with Gasteiger partial charge in [0.05, 0.1) is 29.3 Å². The molecule has 0 unspecified atom stereocenters. The van der Waals surface area contributed by atoms with Gasteiger partial charge in [0.25, 0.3) is 0 Å². The molecule has 0 aliphatic carbocycles. The monoisotopic (exact) mass is 389 g/mol. The van der Waals surface area contributed by atoms with Gasteiger partial charge in [0.15, 0.2) is 0 Å². The number of aromatic amines is 2. The fourth-order valence-electron chi connectivity index (χ4n) is 3.76. The van der Waals surface area contributed by atoms with E-state index in [1.54, 1.807) is 24.8 Å². The Morgan fingerprint density at radius 3 is 2.50 bits per heavy atom. The van der Waals surface area contributed by atoms with Crippen molar-refractivity contribution in [3.05, 3.63) is 79.6 Å². The molecule has 0 radical (unpaired) electrons. The molecule has 7 nitrogen and oxygen atoms in total. The molecule has 0 fully saturated rings. The molecular formula is C23H15N7. The summed E-state index contributed by atoms with van der Waals surface area (Å²) in [6.07, 6.45) is 10.4. The Balaban J connectivity index is 1.52. The number of pyridine rings is 2. The Hall–Kier alpha value is -4.39. The Kier molecular flexibility index (Phi) is 3.64. The van der Waals surface area contributed by atoms with Gasteiger partial charge in [-0.15, -0.1) is 0 Å². The second kappa shape index (κ2) is 6.59. The van der Waals surface area contributed by atoms with Crippen molar-refractivity contribution in [1.29, 1.82) is 0 Å². The first-order valence-electron chi connectivity index (χ1n) is 9.50. The Morgan fingerprint density at radius 2 is 1.63 bits per heavy atom. The van der Waals surface area contributed by atoms with Crippen LogP contribution in [-0.4, -0.2) is 35.1 Å². The number of aromatic nitrogens is 7. The predicted octanol–water partition coefficient (Wildman–Crippen LogP) is 4.63. The largest absolute Gasteiger partial charge is 0.353 e. The number of nitrogens with zero attached hydrogens (tertiary/aromatic N) is 5. The van der Waals surface area contributed by atoms with Gasteiger partial charge in [-0.05, 0) is 41.5 Å². The molecule has 7 heteroatoms. The Morgan fingerprint density at radius 1 is 0.700 bits per heavy atom. The molecule has 2 N–H and O–H groups in total. The molecule has 0 saturated carbocycles. The Labute approximate surface area is 170 Å². The number of rotatable bonds is 3. The van der Waals surface area contributed by atoms with Gasteiger partial charge in [-0.25, -0.2) is 0 Å². The molecule has 1 aromatic carbocycles. The second-order valence-electron chi connectivity index (χ2n) is 6.96. The maximum atomic E-state index is 4.56. The molecule has 142 valence electrons. The van der Waals surface area contributed by atoms with Crippen molar-refractivity contribution in [1.82, 2.24) is 35.1 Å². The standard InChI is InChI=1S/C23H15N7/c1-2-15(14-4-6-24-7-5-14)16-10-20(28-18(16)3-1)23-17-11-19(22-12-25-8-9-26-22)27-13-21(17)29-30-23/h1-13,28H,(H,29,30). The molecule has 30 heavy (non-hydrogen) atoms. The number of benzene rings is 1. The van der Waals surface area contributed by atoms with E-state index < -0.39 is 0 Å². The highest BCUT2D eigenvalue weighted by atomic mass is 15.1. The summed E-state index contributed by atoms with van der Waals surface area (Å²) in [6.45, 7) is 0. The minimum absolute atomic E-state index is 0.725. The molecule has 0 spiro atoms.